The summed E-state index contributed by atoms with van der Waals surface area (Å²) in [5.41, 5.74) is 1.08. The lowest BCUT2D eigenvalue weighted by Gasteiger charge is -2.24. The van der Waals surface area contributed by atoms with Crippen molar-refractivity contribution < 1.29 is 28.8 Å². The van der Waals surface area contributed by atoms with Crippen LogP contribution >= 0.6 is 0 Å². The molecule has 1 saturated heterocycles. The number of benzene rings is 2. The van der Waals surface area contributed by atoms with Crippen LogP contribution in [0.5, 0.6) is 17.2 Å². The fourth-order valence-electron chi connectivity index (χ4n) is 4.10. The smallest absolute Gasteiger partial charge is 0.296 e. The summed E-state index contributed by atoms with van der Waals surface area (Å²) in [4.78, 5) is 24.6. The first-order valence-electron chi connectivity index (χ1n) is 9.91. The quantitative estimate of drug-likeness (QED) is 0.551. The molecule has 2 aromatic carbocycles. The van der Waals surface area contributed by atoms with E-state index in [2.05, 4.69) is 5.32 Å². The molecule has 2 aromatic rings. The molecule has 2 N–H and O–H groups in total. The van der Waals surface area contributed by atoms with Gasteiger partial charge in [0.25, 0.3) is 11.6 Å². The van der Waals surface area contributed by atoms with E-state index in [0.29, 0.717) is 19.0 Å². The second kappa shape index (κ2) is 8.58. The molecule has 0 aliphatic carbocycles. The zero-order valence-electron chi connectivity index (χ0n) is 16.7. The molecular formula is C21H24N3O6+. The minimum Gasteiger partial charge on any atom is -0.496 e. The van der Waals surface area contributed by atoms with Gasteiger partial charge in [0.15, 0.2) is 18.0 Å². The average Bonchev–Trinajstić information content (AvgIpc) is 3.21. The molecule has 0 saturated carbocycles. The Morgan fingerprint density at radius 1 is 1.23 bits per heavy atom. The van der Waals surface area contributed by atoms with Crippen LogP contribution in [0.2, 0.25) is 0 Å². The van der Waals surface area contributed by atoms with Crippen molar-refractivity contribution in [3.05, 3.63) is 52.1 Å². The number of anilines is 1. The van der Waals surface area contributed by atoms with E-state index >= 15 is 0 Å². The number of fused-ring (bicyclic) bond motifs is 1. The summed E-state index contributed by atoms with van der Waals surface area (Å²) in [7, 11) is 1.44. The van der Waals surface area contributed by atoms with Crippen molar-refractivity contribution in [2.24, 2.45) is 0 Å². The number of carbonyl (C=O) groups excluding carboxylic acids is 1. The highest BCUT2D eigenvalue weighted by atomic mass is 16.6. The topological polar surface area (TPSA) is 104 Å². The van der Waals surface area contributed by atoms with Gasteiger partial charge in [0.2, 0.25) is 0 Å². The predicted octanol–water partition coefficient (Wildman–Crippen LogP) is 1.73. The number of amides is 1. The second-order valence-electron chi connectivity index (χ2n) is 7.37. The van der Waals surface area contributed by atoms with E-state index in [1.165, 1.54) is 19.2 Å². The highest BCUT2D eigenvalue weighted by Gasteiger charge is 2.33. The van der Waals surface area contributed by atoms with Gasteiger partial charge in [0.05, 0.1) is 24.6 Å². The highest BCUT2D eigenvalue weighted by Crippen LogP contribution is 2.33. The maximum atomic E-state index is 12.7. The first-order chi connectivity index (χ1) is 14.5. The summed E-state index contributed by atoms with van der Waals surface area (Å²) in [6.07, 6.45) is 1.97. The first kappa shape index (κ1) is 20.0. The van der Waals surface area contributed by atoms with Gasteiger partial charge < -0.3 is 24.4 Å². The van der Waals surface area contributed by atoms with E-state index in [4.69, 9.17) is 14.2 Å². The molecule has 4 rings (SSSR count). The van der Waals surface area contributed by atoms with Crippen molar-refractivity contribution in [2.75, 3.05) is 38.7 Å². The number of rotatable bonds is 6. The molecule has 2 atom stereocenters. The molecule has 2 aliphatic heterocycles. The summed E-state index contributed by atoms with van der Waals surface area (Å²) >= 11 is 0. The van der Waals surface area contributed by atoms with Crippen molar-refractivity contribution in [1.29, 1.82) is 0 Å². The van der Waals surface area contributed by atoms with Crippen LogP contribution in [0.25, 0.3) is 0 Å². The van der Waals surface area contributed by atoms with E-state index in [1.807, 2.05) is 18.2 Å². The van der Waals surface area contributed by atoms with Crippen molar-refractivity contribution in [2.45, 2.75) is 18.9 Å². The van der Waals surface area contributed by atoms with Crippen LogP contribution in [-0.2, 0) is 4.79 Å². The van der Waals surface area contributed by atoms with Crippen LogP contribution in [0, 0.1) is 10.1 Å². The van der Waals surface area contributed by atoms with Gasteiger partial charge in [0.1, 0.15) is 30.7 Å². The molecule has 1 unspecified atom stereocenters. The number of quaternary nitrogens is 1. The Hall–Kier alpha value is -3.33. The molecule has 9 heteroatoms. The Morgan fingerprint density at radius 2 is 2.03 bits per heavy atom. The summed E-state index contributed by atoms with van der Waals surface area (Å²) in [5.74, 6) is 1.59. The standard InChI is InChI=1S/C21H23N3O6/c1-28-15-5-6-16(18(12-15)24(26)27)22-21(25)13-23-8-2-3-17(23)14-4-7-19-20(11-14)30-10-9-29-19/h4-7,11-12,17H,2-3,8-10,13H2,1H3,(H,22,25)/p+1/t17-/m0/s1. The van der Waals surface area contributed by atoms with E-state index in [0.717, 1.165) is 41.3 Å². The molecule has 0 aromatic heterocycles. The van der Waals surface area contributed by atoms with Gasteiger partial charge in [-0.1, -0.05) is 0 Å². The number of carbonyl (C=O) groups is 1. The second-order valence-corrected chi connectivity index (χ2v) is 7.37. The van der Waals surface area contributed by atoms with Crippen molar-refractivity contribution in [1.82, 2.24) is 0 Å². The number of hydrogen-bond acceptors (Lipinski definition) is 6. The van der Waals surface area contributed by atoms with Gasteiger partial charge in [-0.15, -0.1) is 0 Å². The third kappa shape index (κ3) is 4.16. The Bertz CT molecular complexity index is 964. The molecule has 2 aliphatic rings. The Balaban J connectivity index is 1.46. The minimum absolute atomic E-state index is 0.164. The molecule has 30 heavy (non-hydrogen) atoms. The number of nitro groups is 1. The third-order valence-electron chi connectivity index (χ3n) is 5.52. The lowest BCUT2D eigenvalue weighted by atomic mass is 10.0. The monoisotopic (exact) mass is 414 g/mol. The SMILES string of the molecule is COc1ccc(NC(=O)C[NH+]2CCC[C@H]2c2ccc3c(c2)OCCO3)c([N+](=O)[O-])c1. The number of likely N-dealkylation sites (tertiary alicyclic amines) is 1. The molecule has 0 bridgehead atoms. The summed E-state index contributed by atoms with van der Waals surface area (Å²) in [5, 5.41) is 14.0. The Morgan fingerprint density at radius 3 is 2.80 bits per heavy atom. The largest absolute Gasteiger partial charge is 0.496 e. The van der Waals surface area contributed by atoms with Crippen molar-refractivity contribution >= 4 is 17.3 Å². The van der Waals surface area contributed by atoms with Crippen LogP contribution in [0.15, 0.2) is 36.4 Å². The van der Waals surface area contributed by atoms with Gasteiger partial charge in [0, 0.05) is 18.4 Å². The molecule has 1 amide bonds. The minimum atomic E-state index is -0.529. The molecule has 158 valence electrons. The van der Waals surface area contributed by atoms with E-state index in [1.54, 1.807) is 6.07 Å². The molecule has 1 fully saturated rings. The number of nitrogens with one attached hydrogen (secondary N) is 2. The number of nitro benzene ring substituents is 1. The highest BCUT2D eigenvalue weighted by molar-refractivity contribution is 5.93. The molecule has 2 heterocycles. The van der Waals surface area contributed by atoms with E-state index < -0.39 is 4.92 Å². The number of hydrogen-bond donors (Lipinski definition) is 2. The van der Waals surface area contributed by atoms with E-state index in [-0.39, 0.29) is 29.9 Å². The number of nitrogens with zero attached hydrogens (tertiary/aromatic N) is 1. The lowest BCUT2D eigenvalue weighted by molar-refractivity contribution is -0.910. The summed E-state index contributed by atoms with van der Waals surface area (Å²) in [6.45, 7) is 2.16. The molecule has 9 nitrogen and oxygen atoms in total. The zero-order valence-corrected chi connectivity index (χ0v) is 16.7. The van der Waals surface area contributed by atoms with Crippen molar-refractivity contribution in [3.63, 3.8) is 0 Å². The Kier molecular flexibility index (Phi) is 5.71. The van der Waals surface area contributed by atoms with Crippen molar-refractivity contribution in [3.8, 4) is 17.2 Å². The number of methoxy groups -OCH3 is 1. The third-order valence-corrected chi connectivity index (χ3v) is 5.52. The number of ether oxygens (including phenoxy) is 3. The first-order valence-corrected chi connectivity index (χ1v) is 9.91. The maximum Gasteiger partial charge on any atom is 0.296 e. The fraction of sp³-hybridized carbons (Fsp3) is 0.381. The van der Waals surface area contributed by atoms with E-state index in [9.17, 15) is 14.9 Å². The van der Waals surface area contributed by atoms with Crippen LogP contribution in [0.1, 0.15) is 24.4 Å². The molecule has 0 radical (unpaired) electrons. The lowest BCUT2D eigenvalue weighted by Crippen LogP contribution is -3.11. The van der Waals surface area contributed by atoms with Crippen LogP contribution in [-0.4, -0.2) is 44.2 Å². The molecular weight excluding hydrogens is 390 g/mol. The van der Waals surface area contributed by atoms with Gasteiger partial charge in [-0.25, -0.2) is 0 Å². The molecule has 0 spiro atoms. The Labute approximate surface area is 173 Å². The van der Waals surface area contributed by atoms with Gasteiger partial charge >= 0.3 is 0 Å². The maximum absolute atomic E-state index is 12.7. The van der Waals surface area contributed by atoms with Gasteiger partial charge in [-0.2, -0.15) is 0 Å². The zero-order chi connectivity index (χ0) is 21.1. The van der Waals surface area contributed by atoms with Crippen LogP contribution in [0.4, 0.5) is 11.4 Å². The predicted molar refractivity (Wildman–Crippen MR) is 108 cm³/mol. The fourth-order valence-corrected chi connectivity index (χ4v) is 4.10. The summed E-state index contributed by atoms with van der Waals surface area (Å²) < 4.78 is 16.3. The normalized spacial score (nSPS) is 19.9. The summed E-state index contributed by atoms with van der Waals surface area (Å²) in [6, 6.07) is 10.5. The van der Waals surface area contributed by atoms with Crippen LogP contribution < -0.4 is 24.4 Å². The average molecular weight is 414 g/mol. The van der Waals surface area contributed by atoms with Crippen LogP contribution in [0.3, 0.4) is 0 Å². The van der Waals surface area contributed by atoms with Gasteiger partial charge in [-0.05, 0) is 30.3 Å². The van der Waals surface area contributed by atoms with Gasteiger partial charge in [-0.3, -0.25) is 14.9 Å².